The van der Waals surface area contributed by atoms with Gasteiger partial charge in [-0.1, -0.05) is 37.3 Å². The van der Waals surface area contributed by atoms with Gasteiger partial charge in [0.1, 0.15) is 12.4 Å². The molecule has 1 atom stereocenters. The Bertz CT molecular complexity index is 1070. The van der Waals surface area contributed by atoms with Gasteiger partial charge in [0.15, 0.2) is 12.6 Å². The summed E-state index contributed by atoms with van der Waals surface area (Å²) in [7, 11) is 1.21. The van der Waals surface area contributed by atoms with Gasteiger partial charge in [0, 0.05) is 6.42 Å². The highest BCUT2D eigenvalue weighted by Gasteiger charge is 2.44. The Labute approximate surface area is 212 Å². The Morgan fingerprint density at radius 2 is 1.78 bits per heavy atom. The monoisotopic (exact) mass is 499 g/mol. The van der Waals surface area contributed by atoms with Crippen molar-refractivity contribution in [2.24, 2.45) is 0 Å². The summed E-state index contributed by atoms with van der Waals surface area (Å²) in [6, 6.07) is 11.3. The zero-order valence-corrected chi connectivity index (χ0v) is 21.3. The van der Waals surface area contributed by atoms with Gasteiger partial charge in [-0.15, -0.1) is 0 Å². The standard InChI is InChI=1S/C28H35FN2O5/c1-4-11-24(27(33)30-26-20(2)16-22(29)17-23(26)28(34)35-3)31(14-9-6-10-15-31)18-25(32)36-19-21-12-7-5-8-13-21/h5,7-8,12-13,16-17,24H,4,6,9-11,14-15,18-19H2,1-3H3/p+1. The quantitative estimate of drug-likeness (QED) is 0.376. The maximum atomic E-state index is 14.0. The van der Waals surface area contributed by atoms with Gasteiger partial charge in [-0.05, 0) is 55.9 Å². The normalized spacial score (nSPS) is 15.6. The second-order valence-electron chi connectivity index (χ2n) is 9.46. The third-order valence-corrected chi connectivity index (χ3v) is 6.87. The van der Waals surface area contributed by atoms with Crippen molar-refractivity contribution in [1.82, 2.24) is 0 Å². The highest BCUT2D eigenvalue weighted by molar-refractivity contribution is 6.03. The van der Waals surface area contributed by atoms with Crippen LogP contribution in [-0.4, -0.2) is 55.1 Å². The molecule has 0 radical (unpaired) electrons. The van der Waals surface area contributed by atoms with Gasteiger partial charge in [-0.25, -0.2) is 14.0 Å². The Hall–Kier alpha value is -3.26. The number of piperidine rings is 1. The molecule has 1 heterocycles. The van der Waals surface area contributed by atoms with E-state index in [2.05, 4.69) is 5.32 Å². The Morgan fingerprint density at radius 1 is 1.08 bits per heavy atom. The number of ether oxygens (including phenoxy) is 2. The first-order chi connectivity index (χ1) is 17.3. The molecule has 1 fully saturated rings. The van der Waals surface area contributed by atoms with E-state index in [0.717, 1.165) is 37.3 Å². The molecule has 36 heavy (non-hydrogen) atoms. The maximum absolute atomic E-state index is 14.0. The van der Waals surface area contributed by atoms with Crippen LogP contribution in [0.3, 0.4) is 0 Å². The fourth-order valence-corrected chi connectivity index (χ4v) is 5.08. The second-order valence-corrected chi connectivity index (χ2v) is 9.46. The largest absolute Gasteiger partial charge is 0.465 e. The number of hydrogen-bond donors (Lipinski definition) is 1. The minimum atomic E-state index is -0.730. The molecule has 7 nitrogen and oxygen atoms in total. The number of rotatable bonds is 10. The zero-order valence-electron chi connectivity index (χ0n) is 21.3. The molecular formula is C28H36FN2O5+. The number of aryl methyl sites for hydroxylation is 1. The van der Waals surface area contributed by atoms with E-state index in [9.17, 15) is 18.8 Å². The minimum absolute atomic E-state index is 0.0361. The van der Waals surface area contributed by atoms with Crippen LogP contribution in [0.25, 0.3) is 0 Å². The lowest BCUT2D eigenvalue weighted by atomic mass is 9.98. The van der Waals surface area contributed by atoms with Crippen molar-refractivity contribution in [3.05, 3.63) is 65.0 Å². The number of halogens is 1. The zero-order chi connectivity index (χ0) is 26.1. The van der Waals surface area contributed by atoms with Crippen LogP contribution >= 0.6 is 0 Å². The van der Waals surface area contributed by atoms with Gasteiger partial charge in [-0.3, -0.25) is 4.79 Å². The van der Waals surface area contributed by atoms with Crippen LogP contribution in [0, 0.1) is 12.7 Å². The second kappa shape index (κ2) is 12.6. The van der Waals surface area contributed by atoms with Gasteiger partial charge in [0.25, 0.3) is 5.91 Å². The molecule has 0 aliphatic carbocycles. The number of amides is 1. The molecule has 1 aliphatic rings. The van der Waals surface area contributed by atoms with E-state index < -0.39 is 17.8 Å². The molecular weight excluding hydrogens is 463 g/mol. The number of carbonyl (C=O) groups excluding carboxylic acids is 3. The summed E-state index contributed by atoms with van der Waals surface area (Å²) < 4.78 is 24.7. The van der Waals surface area contributed by atoms with E-state index in [1.165, 1.54) is 13.2 Å². The summed E-state index contributed by atoms with van der Waals surface area (Å²) in [4.78, 5) is 39.0. The SMILES string of the molecule is CCCC(C(=O)Nc1c(C)cc(F)cc1C(=O)OC)[N+]1(CC(=O)OCc2ccccc2)CCCCC1. The first-order valence-corrected chi connectivity index (χ1v) is 12.5. The van der Waals surface area contributed by atoms with E-state index in [-0.39, 0.29) is 36.3 Å². The number of esters is 2. The van der Waals surface area contributed by atoms with Crippen molar-refractivity contribution in [2.45, 2.75) is 58.6 Å². The van der Waals surface area contributed by atoms with Crippen LogP contribution in [0.5, 0.6) is 0 Å². The van der Waals surface area contributed by atoms with E-state index in [1.54, 1.807) is 6.92 Å². The maximum Gasteiger partial charge on any atom is 0.362 e. The first kappa shape index (κ1) is 27.3. The average molecular weight is 500 g/mol. The molecule has 0 aromatic heterocycles. The topological polar surface area (TPSA) is 81.7 Å². The van der Waals surface area contributed by atoms with Gasteiger partial charge in [0.2, 0.25) is 0 Å². The Kier molecular flexibility index (Phi) is 9.58. The van der Waals surface area contributed by atoms with Crippen LogP contribution in [-0.2, 0) is 25.7 Å². The number of nitrogens with one attached hydrogen (secondary N) is 1. The lowest BCUT2D eigenvalue weighted by Crippen LogP contribution is -2.64. The number of anilines is 1. The fourth-order valence-electron chi connectivity index (χ4n) is 5.08. The molecule has 1 unspecified atom stereocenters. The first-order valence-electron chi connectivity index (χ1n) is 12.5. The van der Waals surface area contributed by atoms with Crippen molar-refractivity contribution in [3.8, 4) is 0 Å². The van der Waals surface area contributed by atoms with Crippen molar-refractivity contribution < 1.29 is 32.7 Å². The van der Waals surface area contributed by atoms with Crippen LogP contribution in [0.2, 0.25) is 0 Å². The molecule has 1 amide bonds. The van der Waals surface area contributed by atoms with E-state index in [1.807, 2.05) is 37.3 Å². The van der Waals surface area contributed by atoms with Crippen LogP contribution in [0.4, 0.5) is 10.1 Å². The molecule has 0 spiro atoms. The average Bonchev–Trinajstić information content (AvgIpc) is 2.88. The van der Waals surface area contributed by atoms with E-state index in [0.29, 0.717) is 29.6 Å². The molecule has 8 heteroatoms. The number of nitrogens with zero attached hydrogens (tertiary/aromatic N) is 1. The third-order valence-electron chi connectivity index (χ3n) is 6.87. The Morgan fingerprint density at radius 3 is 2.42 bits per heavy atom. The summed E-state index contributed by atoms with van der Waals surface area (Å²) in [5, 5.41) is 2.89. The number of quaternary nitrogens is 1. The predicted molar refractivity (Wildman–Crippen MR) is 135 cm³/mol. The molecule has 2 aromatic rings. The van der Waals surface area contributed by atoms with Crippen molar-refractivity contribution >= 4 is 23.5 Å². The molecule has 1 N–H and O–H groups in total. The van der Waals surface area contributed by atoms with Gasteiger partial charge in [-0.2, -0.15) is 0 Å². The molecule has 0 saturated carbocycles. The number of hydrogen-bond acceptors (Lipinski definition) is 5. The lowest BCUT2D eigenvalue weighted by molar-refractivity contribution is -0.940. The summed E-state index contributed by atoms with van der Waals surface area (Å²) in [6.07, 6.45) is 4.16. The molecule has 1 aliphatic heterocycles. The summed E-state index contributed by atoms with van der Waals surface area (Å²) in [5.41, 5.74) is 1.52. The predicted octanol–water partition coefficient (Wildman–Crippen LogP) is 4.77. The molecule has 2 aromatic carbocycles. The smallest absolute Gasteiger partial charge is 0.362 e. The molecule has 1 saturated heterocycles. The number of likely N-dealkylation sites (tertiary alicyclic amines) is 1. The van der Waals surface area contributed by atoms with E-state index >= 15 is 0 Å². The van der Waals surface area contributed by atoms with Crippen molar-refractivity contribution in [3.63, 3.8) is 0 Å². The Balaban J connectivity index is 1.85. The molecule has 3 rings (SSSR count). The van der Waals surface area contributed by atoms with Crippen LogP contribution < -0.4 is 5.32 Å². The van der Waals surface area contributed by atoms with Gasteiger partial charge >= 0.3 is 11.9 Å². The summed E-state index contributed by atoms with van der Waals surface area (Å²) in [5.74, 6) is -1.96. The minimum Gasteiger partial charge on any atom is -0.465 e. The third kappa shape index (κ3) is 6.69. The number of methoxy groups -OCH3 is 1. The fraction of sp³-hybridized carbons (Fsp3) is 0.464. The number of benzene rings is 2. The lowest BCUT2D eigenvalue weighted by Gasteiger charge is -2.45. The highest BCUT2D eigenvalue weighted by Crippen LogP contribution is 2.29. The summed E-state index contributed by atoms with van der Waals surface area (Å²) >= 11 is 0. The highest BCUT2D eigenvalue weighted by atomic mass is 19.1. The van der Waals surface area contributed by atoms with Crippen molar-refractivity contribution in [1.29, 1.82) is 0 Å². The van der Waals surface area contributed by atoms with Gasteiger partial charge < -0.3 is 19.3 Å². The van der Waals surface area contributed by atoms with E-state index in [4.69, 9.17) is 9.47 Å². The van der Waals surface area contributed by atoms with Crippen LogP contribution in [0.15, 0.2) is 42.5 Å². The van der Waals surface area contributed by atoms with Crippen LogP contribution in [0.1, 0.15) is 60.5 Å². The van der Waals surface area contributed by atoms with Crippen molar-refractivity contribution in [2.75, 3.05) is 32.1 Å². The van der Waals surface area contributed by atoms with Gasteiger partial charge in [0.05, 0.1) is 31.5 Å². The molecule has 0 bridgehead atoms. The number of carbonyl (C=O) groups is 3. The summed E-state index contributed by atoms with van der Waals surface area (Å²) in [6.45, 7) is 5.28. The molecule has 194 valence electrons.